The Morgan fingerprint density at radius 2 is 2.48 bits per heavy atom. The van der Waals surface area contributed by atoms with Gasteiger partial charge in [-0.1, -0.05) is 6.92 Å². The molecule has 5 nitrogen and oxygen atoms in total. The molecule has 1 aromatic heterocycles. The molecule has 1 N–H and O–H groups in total. The van der Waals surface area contributed by atoms with E-state index in [0.29, 0.717) is 19.5 Å². The van der Waals surface area contributed by atoms with E-state index in [1.807, 2.05) is 12.1 Å². The van der Waals surface area contributed by atoms with Crippen LogP contribution in [0, 0.1) is 16.7 Å². The fourth-order valence-electron chi connectivity index (χ4n) is 2.97. The standard InChI is InChI=1S/C16H23N3O2/c1-2-16(7-4-9-18-13-16)15(20)19(10-5-8-17)12-14-6-3-11-21-14/h3,6,11,18H,2,4-5,7,9-10,12-13H2,1H3. The summed E-state index contributed by atoms with van der Waals surface area (Å²) in [5.74, 6) is 0.903. The molecule has 2 rings (SSSR count). The number of rotatable bonds is 6. The zero-order valence-electron chi connectivity index (χ0n) is 12.6. The highest BCUT2D eigenvalue weighted by Gasteiger charge is 2.40. The van der Waals surface area contributed by atoms with Crippen LogP contribution in [0.25, 0.3) is 0 Å². The van der Waals surface area contributed by atoms with Gasteiger partial charge in [0.2, 0.25) is 5.91 Å². The zero-order chi connectivity index (χ0) is 15.1. The van der Waals surface area contributed by atoms with Gasteiger partial charge in [-0.05, 0) is 37.9 Å². The minimum atomic E-state index is -0.333. The van der Waals surface area contributed by atoms with Crippen LogP contribution in [0.4, 0.5) is 0 Å². The molecule has 1 atom stereocenters. The molecule has 0 aromatic carbocycles. The lowest BCUT2D eigenvalue weighted by atomic mass is 9.77. The van der Waals surface area contributed by atoms with Gasteiger partial charge in [0, 0.05) is 13.1 Å². The number of furan rings is 1. The lowest BCUT2D eigenvalue weighted by Gasteiger charge is -2.39. The van der Waals surface area contributed by atoms with Crippen LogP contribution in [0.1, 0.15) is 38.4 Å². The van der Waals surface area contributed by atoms with Crippen LogP contribution in [0.15, 0.2) is 22.8 Å². The molecule has 21 heavy (non-hydrogen) atoms. The first-order valence-corrected chi connectivity index (χ1v) is 7.61. The average Bonchev–Trinajstić information content (AvgIpc) is 3.04. The largest absolute Gasteiger partial charge is 0.467 e. The minimum absolute atomic E-state index is 0.142. The predicted octanol–water partition coefficient (Wildman–Crippen LogP) is 2.30. The Labute approximate surface area is 125 Å². The van der Waals surface area contributed by atoms with Gasteiger partial charge in [0.15, 0.2) is 0 Å². The summed E-state index contributed by atoms with van der Waals surface area (Å²) in [6.07, 6.45) is 4.71. The predicted molar refractivity (Wildman–Crippen MR) is 79.2 cm³/mol. The van der Waals surface area contributed by atoms with Gasteiger partial charge >= 0.3 is 0 Å². The van der Waals surface area contributed by atoms with Gasteiger partial charge in [-0.25, -0.2) is 0 Å². The van der Waals surface area contributed by atoms with Crippen LogP contribution < -0.4 is 5.32 Å². The molecule has 0 radical (unpaired) electrons. The maximum Gasteiger partial charge on any atom is 0.230 e. The summed E-state index contributed by atoms with van der Waals surface area (Å²) >= 11 is 0. The summed E-state index contributed by atoms with van der Waals surface area (Å²) in [6.45, 7) is 4.67. The Bertz CT molecular complexity index is 484. The normalized spacial score (nSPS) is 21.7. The van der Waals surface area contributed by atoms with Crippen molar-refractivity contribution in [1.29, 1.82) is 5.26 Å². The van der Waals surface area contributed by atoms with Crippen LogP contribution in [0.2, 0.25) is 0 Å². The lowest BCUT2D eigenvalue weighted by molar-refractivity contribution is -0.144. The van der Waals surface area contributed by atoms with Crippen molar-refractivity contribution in [3.05, 3.63) is 24.2 Å². The molecule has 0 saturated carbocycles. The number of nitrogens with one attached hydrogen (secondary N) is 1. The molecule has 1 amide bonds. The molecular formula is C16H23N3O2. The van der Waals surface area contributed by atoms with Crippen LogP contribution in [-0.4, -0.2) is 30.4 Å². The summed E-state index contributed by atoms with van der Waals surface area (Å²) in [6, 6.07) is 5.81. The van der Waals surface area contributed by atoms with E-state index in [1.165, 1.54) is 0 Å². The van der Waals surface area contributed by atoms with E-state index in [-0.39, 0.29) is 11.3 Å². The van der Waals surface area contributed by atoms with Crippen molar-refractivity contribution in [3.63, 3.8) is 0 Å². The van der Waals surface area contributed by atoms with Crippen molar-refractivity contribution in [3.8, 4) is 6.07 Å². The van der Waals surface area contributed by atoms with Gasteiger partial charge in [0.25, 0.3) is 0 Å². The highest BCUT2D eigenvalue weighted by atomic mass is 16.3. The molecule has 1 aromatic rings. The second-order valence-electron chi connectivity index (χ2n) is 5.63. The zero-order valence-corrected chi connectivity index (χ0v) is 12.6. The summed E-state index contributed by atoms with van der Waals surface area (Å²) in [5, 5.41) is 12.2. The van der Waals surface area contributed by atoms with E-state index in [4.69, 9.17) is 9.68 Å². The molecular weight excluding hydrogens is 266 g/mol. The SMILES string of the molecule is CCC1(C(=O)N(CCC#N)Cc2ccco2)CCCNC1. The third kappa shape index (κ3) is 3.64. The number of carbonyl (C=O) groups excluding carboxylic acids is 1. The van der Waals surface area contributed by atoms with E-state index in [0.717, 1.165) is 38.1 Å². The maximum atomic E-state index is 13.0. The van der Waals surface area contributed by atoms with Crippen LogP contribution >= 0.6 is 0 Å². The highest BCUT2D eigenvalue weighted by molar-refractivity contribution is 5.83. The fraction of sp³-hybridized carbons (Fsp3) is 0.625. The molecule has 1 aliphatic rings. The van der Waals surface area contributed by atoms with E-state index in [9.17, 15) is 4.79 Å². The fourth-order valence-corrected chi connectivity index (χ4v) is 2.97. The first kappa shape index (κ1) is 15.6. The molecule has 5 heteroatoms. The molecule has 1 unspecified atom stereocenters. The second kappa shape index (κ2) is 7.28. The van der Waals surface area contributed by atoms with Crippen molar-refractivity contribution >= 4 is 5.91 Å². The summed E-state index contributed by atoms with van der Waals surface area (Å²) in [4.78, 5) is 14.8. The topological polar surface area (TPSA) is 69.3 Å². The molecule has 114 valence electrons. The molecule has 0 bridgehead atoms. The van der Waals surface area contributed by atoms with Crippen LogP contribution in [-0.2, 0) is 11.3 Å². The summed E-state index contributed by atoms with van der Waals surface area (Å²) in [5.41, 5.74) is -0.333. The van der Waals surface area contributed by atoms with Crippen molar-refractivity contribution in [1.82, 2.24) is 10.2 Å². The van der Waals surface area contributed by atoms with Gasteiger partial charge in [0.05, 0.1) is 30.7 Å². The van der Waals surface area contributed by atoms with E-state index >= 15 is 0 Å². The van der Waals surface area contributed by atoms with Gasteiger partial charge in [-0.3, -0.25) is 4.79 Å². The Hall–Kier alpha value is -1.80. The van der Waals surface area contributed by atoms with Gasteiger partial charge in [-0.2, -0.15) is 5.26 Å². The van der Waals surface area contributed by atoms with Gasteiger partial charge < -0.3 is 14.6 Å². The summed E-state index contributed by atoms with van der Waals surface area (Å²) in [7, 11) is 0. The number of piperidine rings is 1. The Balaban J connectivity index is 2.13. The third-order valence-electron chi connectivity index (χ3n) is 4.31. The number of carbonyl (C=O) groups is 1. The highest BCUT2D eigenvalue weighted by Crippen LogP contribution is 2.33. The number of nitriles is 1. The smallest absolute Gasteiger partial charge is 0.230 e. The van der Waals surface area contributed by atoms with Gasteiger partial charge in [-0.15, -0.1) is 0 Å². The Morgan fingerprint density at radius 1 is 1.62 bits per heavy atom. The Morgan fingerprint density at radius 3 is 3.05 bits per heavy atom. The second-order valence-corrected chi connectivity index (χ2v) is 5.63. The van der Waals surface area contributed by atoms with Crippen LogP contribution in [0.3, 0.4) is 0 Å². The summed E-state index contributed by atoms with van der Waals surface area (Å²) < 4.78 is 5.36. The van der Waals surface area contributed by atoms with Crippen molar-refractivity contribution in [2.45, 2.75) is 39.2 Å². The van der Waals surface area contributed by atoms with Gasteiger partial charge in [0.1, 0.15) is 5.76 Å². The van der Waals surface area contributed by atoms with Crippen molar-refractivity contribution < 1.29 is 9.21 Å². The number of hydrogen-bond acceptors (Lipinski definition) is 4. The van der Waals surface area contributed by atoms with Crippen molar-refractivity contribution in [2.75, 3.05) is 19.6 Å². The van der Waals surface area contributed by atoms with E-state index in [1.54, 1.807) is 11.2 Å². The molecule has 0 spiro atoms. The first-order valence-electron chi connectivity index (χ1n) is 7.61. The molecule has 1 fully saturated rings. The first-order chi connectivity index (χ1) is 10.2. The third-order valence-corrected chi connectivity index (χ3v) is 4.31. The minimum Gasteiger partial charge on any atom is -0.467 e. The molecule has 0 aliphatic carbocycles. The maximum absolute atomic E-state index is 13.0. The number of amides is 1. The number of nitrogens with zero attached hydrogens (tertiary/aromatic N) is 2. The lowest BCUT2D eigenvalue weighted by Crippen LogP contribution is -2.51. The van der Waals surface area contributed by atoms with Crippen LogP contribution in [0.5, 0.6) is 0 Å². The monoisotopic (exact) mass is 289 g/mol. The molecule has 2 heterocycles. The number of hydrogen-bond donors (Lipinski definition) is 1. The average molecular weight is 289 g/mol. The van der Waals surface area contributed by atoms with Crippen molar-refractivity contribution in [2.24, 2.45) is 5.41 Å². The Kier molecular flexibility index (Phi) is 5.40. The quantitative estimate of drug-likeness (QED) is 0.872. The van der Waals surface area contributed by atoms with E-state index < -0.39 is 0 Å². The molecule has 1 aliphatic heterocycles. The van der Waals surface area contributed by atoms with E-state index in [2.05, 4.69) is 18.3 Å². The molecule has 1 saturated heterocycles.